The number of phenolic OH excluding ortho intramolecular Hbond substituents is 4. The molecule has 0 bridgehead atoms. The molecular weight excluding hydrogens is 624 g/mol. The number of aromatic hydroxyl groups is 4. The van der Waals surface area contributed by atoms with Crippen LogP contribution in [0.5, 0.6) is 40.2 Å². The Labute approximate surface area is 265 Å². The molecule has 0 saturated carbocycles. The summed E-state index contributed by atoms with van der Waals surface area (Å²) in [5.41, 5.74) is 0.0963. The Morgan fingerprint density at radius 3 is 2.21 bits per heavy atom. The van der Waals surface area contributed by atoms with E-state index in [2.05, 4.69) is 0 Å². The summed E-state index contributed by atoms with van der Waals surface area (Å²) in [7, 11) is 2.61. The molecule has 2 heterocycles. The molecule has 1 fully saturated rings. The van der Waals surface area contributed by atoms with Gasteiger partial charge in [0, 0.05) is 17.7 Å². The molecular formula is C32H31O15+. The Kier molecular flexibility index (Phi) is 9.44. The van der Waals surface area contributed by atoms with Gasteiger partial charge < -0.3 is 68.6 Å². The number of aliphatic hydroxyl groups is 3. The number of methoxy groups -OCH3 is 2. The molecule has 1 saturated heterocycles. The second-order valence-electron chi connectivity index (χ2n) is 10.4. The van der Waals surface area contributed by atoms with Gasteiger partial charge >= 0.3 is 5.97 Å². The molecule has 15 nitrogen and oxygen atoms in total. The van der Waals surface area contributed by atoms with Crippen molar-refractivity contribution in [3.63, 3.8) is 0 Å². The maximum atomic E-state index is 12.1. The van der Waals surface area contributed by atoms with Gasteiger partial charge in [0.1, 0.15) is 29.8 Å². The van der Waals surface area contributed by atoms with Gasteiger partial charge in [-0.2, -0.15) is 0 Å². The Bertz CT molecular complexity index is 1800. The third-order valence-electron chi connectivity index (χ3n) is 7.27. The fourth-order valence-electron chi connectivity index (χ4n) is 4.79. The minimum Gasteiger partial charge on any atom is -0.507 e. The van der Waals surface area contributed by atoms with Gasteiger partial charge in [0.2, 0.25) is 18.6 Å². The fourth-order valence-corrected chi connectivity index (χ4v) is 4.79. The topological polar surface area (TPSA) is 239 Å². The molecule has 47 heavy (non-hydrogen) atoms. The molecule has 0 amide bonds. The molecule has 5 atom stereocenters. The number of carbonyl (C=O) groups excluding carboxylic acids is 1. The molecule has 2 aromatic rings. The second-order valence-corrected chi connectivity index (χ2v) is 10.4. The van der Waals surface area contributed by atoms with Crippen molar-refractivity contribution < 1.29 is 68.6 Å². The van der Waals surface area contributed by atoms with Crippen molar-refractivity contribution >= 4 is 12.0 Å². The maximum absolute atomic E-state index is 12.1. The van der Waals surface area contributed by atoms with Gasteiger partial charge in [-0.15, -0.1) is 0 Å². The lowest BCUT2D eigenvalue weighted by atomic mass is 9.99. The third-order valence-corrected chi connectivity index (χ3v) is 7.27. The lowest BCUT2D eigenvalue weighted by Gasteiger charge is -2.39. The van der Waals surface area contributed by atoms with Crippen LogP contribution in [0.4, 0.5) is 0 Å². The predicted molar refractivity (Wildman–Crippen MR) is 162 cm³/mol. The molecule has 0 spiro atoms. The minimum atomic E-state index is -1.83. The SMILES string of the molecule is COc1cc(-c2oc3cc(=O)cc(O)c-3cc2OC2O[C@H](COC(=[OH+])C=Cc3ccc(O)c(O)c3)[C@@H](O)[C@H](O)[C@H]2O)cc(OC)c1O. The van der Waals surface area contributed by atoms with Crippen LogP contribution < -0.4 is 19.6 Å². The van der Waals surface area contributed by atoms with Gasteiger partial charge in [-0.25, -0.2) is 0 Å². The number of phenols is 4. The van der Waals surface area contributed by atoms with E-state index in [4.69, 9.17) is 28.1 Å². The molecule has 2 aromatic carbocycles. The summed E-state index contributed by atoms with van der Waals surface area (Å²) in [6.07, 6.45) is -5.90. The summed E-state index contributed by atoms with van der Waals surface area (Å²) in [6, 6.07) is 10.1. The van der Waals surface area contributed by atoms with E-state index in [1.165, 1.54) is 56.7 Å². The van der Waals surface area contributed by atoms with Gasteiger partial charge in [-0.05, 0) is 42.0 Å². The van der Waals surface area contributed by atoms with E-state index in [1.807, 2.05) is 0 Å². The van der Waals surface area contributed by atoms with Crippen molar-refractivity contribution in [2.45, 2.75) is 30.7 Å². The summed E-state index contributed by atoms with van der Waals surface area (Å²) in [4.78, 5) is 22.3. The number of rotatable bonds is 9. The summed E-state index contributed by atoms with van der Waals surface area (Å²) in [5.74, 6) is -2.44. The van der Waals surface area contributed by atoms with Crippen LogP contribution in [0.25, 0.3) is 28.7 Å². The average Bonchev–Trinajstić information content (AvgIpc) is 3.05. The summed E-state index contributed by atoms with van der Waals surface area (Å²) < 4.78 is 33.4. The maximum Gasteiger partial charge on any atom is 0.510 e. The van der Waals surface area contributed by atoms with Crippen molar-refractivity contribution in [2.75, 3.05) is 20.8 Å². The van der Waals surface area contributed by atoms with Crippen molar-refractivity contribution in [1.29, 1.82) is 0 Å². The zero-order valence-electron chi connectivity index (χ0n) is 24.8. The number of esters is 1. The highest BCUT2D eigenvalue weighted by Crippen LogP contribution is 2.46. The molecule has 2 aliphatic heterocycles. The van der Waals surface area contributed by atoms with E-state index in [0.29, 0.717) is 5.56 Å². The van der Waals surface area contributed by atoms with E-state index < -0.39 is 54.5 Å². The quantitative estimate of drug-likeness (QED) is 0.0588. The van der Waals surface area contributed by atoms with Crippen molar-refractivity contribution in [3.8, 4) is 62.9 Å². The molecule has 3 aliphatic rings. The number of benzene rings is 3. The standard InChI is InChI=1S/C32H30O15/c1-42-22-8-15(9-23(43-2)27(22)38)31-24(12-17-19(35)10-16(33)11-21(17)45-31)46-32-30(41)29(40)28(39)25(47-32)13-44-26(37)6-4-14-3-5-18(34)20(36)7-14/h3-12,25,28-30,32,34-36,38-41H,13H2,1-2H3/p+1/t25-,28-,29+,30-,32?/m1/s1. The Hall–Kier alpha value is -5.48. The Morgan fingerprint density at radius 2 is 1.55 bits per heavy atom. The molecule has 1 aliphatic carbocycles. The van der Waals surface area contributed by atoms with Crippen LogP contribution in [-0.2, 0) is 9.47 Å². The Morgan fingerprint density at radius 1 is 0.851 bits per heavy atom. The summed E-state index contributed by atoms with van der Waals surface area (Å²) in [6.45, 7) is -0.532. The highest BCUT2D eigenvalue weighted by molar-refractivity contribution is 5.88. The average molecular weight is 656 g/mol. The molecule has 0 radical (unpaired) electrons. The first kappa shape index (κ1) is 32.9. The van der Waals surface area contributed by atoms with E-state index in [-0.39, 0.29) is 57.1 Å². The van der Waals surface area contributed by atoms with Crippen LogP contribution in [0, 0.1) is 0 Å². The summed E-state index contributed by atoms with van der Waals surface area (Å²) >= 11 is 0. The first-order valence-corrected chi connectivity index (χ1v) is 13.9. The Balaban J connectivity index is 1.44. The van der Waals surface area contributed by atoms with Gasteiger partial charge in [-0.1, -0.05) is 6.07 Å². The van der Waals surface area contributed by atoms with E-state index in [0.717, 1.165) is 18.2 Å². The number of hydrogen-bond acceptors (Lipinski definition) is 14. The lowest BCUT2D eigenvalue weighted by molar-refractivity contribution is -0.276. The predicted octanol–water partition coefficient (Wildman–Crippen LogP) is 1.67. The monoisotopic (exact) mass is 655 g/mol. The molecule has 15 heteroatoms. The van der Waals surface area contributed by atoms with E-state index >= 15 is 0 Å². The molecule has 0 aromatic heterocycles. The number of aliphatic hydroxyl groups excluding tert-OH is 3. The van der Waals surface area contributed by atoms with Crippen LogP contribution in [0.3, 0.4) is 0 Å². The molecule has 1 unspecified atom stereocenters. The van der Waals surface area contributed by atoms with Crippen molar-refractivity contribution in [3.05, 3.63) is 70.4 Å². The third kappa shape index (κ3) is 6.87. The van der Waals surface area contributed by atoms with Crippen LogP contribution >= 0.6 is 0 Å². The van der Waals surface area contributed by atoms with Crippen molar-refractivity contribution in [2.24, 2.45) is 0 Å². The van der Waals surface area contributed by atoms with Crippen molar-refractivity contribution in [1.82, 2.24) is 0 Å². The van der Waals surface area contributed by atoms with Crippen LogP contribution in [0.15, 0.2) is 63.8 Å². The number of fused-ring (bicyclic) bond motifs is 1. The molecule has 5 rings (SSSR count). The number of hydrogen-bond donors (Lipinski definition) is 7. The number of ether oxygens (including phenoxy) is 5. The lowest BCUT2D eigenvalue weighted by Crippen LogP contribution is -2.60. The molecule has 248 valence electrons. The smallest absolute Gasteiger partial charge is 0.507 e. The van der Waals surface area contributed by atoms with Gasteiger partial charge in [0.25, 0.3) is 0 Å². The van der Waals surface area contributed by atoms with Gasteiger partial charge in [0.15, 0.2) is 46.0 Å². The highest BCUT2D eigenvalue weighted by atomic mass is 16.7. The zero-order valence-corrected chi connectivity index (χ0v) is 24.8. The normalized spacial score (nSPS) is 21.1. The van der Waals surface area contributed by atoms with E-state index in [1.54, 1.807) is 0 Å². The minimum absolute atomic E-state index is 0.0157. The first-order chi connectivity index (χ1) is 22.4. The second kappa shape index (κ2) is 13.5. The first-order valence-electron chi connectivity index (χ1n) is 13.9. The van der Waals surface area contributed by atoms with Crippen LogP contribution in [0.1, 0.15) is 5.56 Å². The van der Waals surface area contributed by atoms with Crippen LogP contribution in [0.2, 0.25) is 0 Å². The molecule has 8 N–H and O–H groups in total. The fraction of sp³-hybridized carbons (Fsp3) is 0.250. The summed E-state index contributed by atoms with van der Waals surface area (Å²) in [5, 5.41) is 71.9. The van der Waals surface area contributed by atoms with Gasteiger partial charge in [-0.3, -0.25) is 4.79 Å². The highest BCUT2D eigenvalue weighted by Gasteiger charge is 2.47. The largest absolute Gasteiger partial charge is 0.510 e. The van der Waals surface area contributed by atoms with E-state index in [9.17, 15) is 45.3 Å². The zero-order chi connectivity index (χ0) is 34.0. The van der Waals surface area contributed by atoms with Gasteiger partial charge in [0.05, 0.1) is 25.9 Å². The van der Waals surface area contributed by atoms with Crippen LogP contribution in [-0.4, -0.2) is 98.0 Å².